The molecule has 13 nitrogen and oxygen atoms in total. The van der Waals surface area contributed by atoms with E-state index in [2.05, 4.69) is 27.0 Å². The number of hydroxylamine groups is 1. The Balaban J connectivity index is 1.73. The first kappa shape index (κ1) is 31.1. The number of rotatable bonds is 14. The first-order chi connectivity index (χ1) is 19.0. The number of pyridine rings is 1. The quantitative estimate of drug-likeness (QED) is 0.221. The van der Waals surface area contributed by atoms with E-state index in [0.29, 0.717) is 53.4 Å². The number of hydrogen-bond acceptors (Lipinski definition) is 10. The molecule has 0 spiro atoms. The van der Waals surface area contributed by atoms with E-state index in [0.717, 1.165) is 25.1 Å². The molecule has 2 amide bonds. The number of fused-ring (bicyclic) bond motifs is 1. The van der Waals surface area contributed by atoms with Gasteiger partial charge in [0.2, 0.25) is 11.8 Å². The molecule has 3 rings (SSSR count). The highest BCUT2D eigenvalue weighted by atomic mass is 32.2. The van der Waals surface area contributed by atoms with Gasteiger partial charge in [0, 0.05) is 37.0 Å². The van der Waals surface area contributed by atoms with Crippen LogP contribution < -0.4 is 29.6 Å². The molecule has 3 N–H and O–H groups in total. The van der Waals surface area contributed by atoms with Crippen LogP contribution in [0.2, 0.25) is 0 Å². The molecule has 220 valence electrons. The number of methoxy groups -OCH3 is 1. The zero-order valence-electron chi connectivity index (χ0n) is 23.4. The summed E-state index contributed by atoms with van der Waals surface area (Å²) < 4.78 is 44.2. The SMILES string of the molecule is C=CCCC(NC(=O)[C@@H]1C[C@@H](Oc2cc(OCC)nc3c(C)c(OC)ccc23)CN1)C(=O)NS(=O)(=O)N(C)OC. The molecule has 0 saturated carbocycles. The number of hydrogen-bond donors (Lipinski definition) is 3. The van der Waals surface area contributed by atoms with Crippen LogP contribution in [0.15, 0.2) is 30.9 Å². The fraction of sp³-hybridized carbons (Fsp3) is 0.500. The van der Waals surface area contributed by atoms with Gasteiger partial charge in [-0.3, -0.25) is 14.4 Å². The lowest BCUT2D eigenvalue weighted by Gasteiger charge is -2.22. The van der Waals surface area contributed by atoms with Crippen molar-refractivity contribution >= 4 is 32.9 Å². The number of carbonyl (C=O) groups excluding carboxylic acids is 2. The van der Waals surface area contributed by atoms with Crippen LogP contribution >= 0.6 is 0 Å². The summed E-state index contributed by atoms with van der Waals surface area (Å²) >= 11 is 0. The average molecular weight is 580 g/mol. The van der Waals surface area contributed by atoms with Gasteiger partial charge in [-0.1, -0.05) is 10.5 Å². The second-order valence-electron chi connectivity index (χ2n) is 9.11. The monoisotopic (exact) mass is 579 g/mol. The van der Waals surface area contributed by atoms with Crippen molar-refractivity contribution in [3.8, 4) is 17.4 Å². The number of aryl methyl sites for hydroxylation is 1. The van der Waals surface area contributed by atoms with Gasteiger partial charge in [-0.2, -0.15) is 8.42 Å². The van der Waals surface area contributed by atoms with Gasteiger partial charge < -0.3 is 24.8 Å². The van der Waals surface area contributed by atoms with Crippen LogP contribution in [0.3, 0.4) is 0 Å². The molecule has 1 aliphatic heterocycles. The Bertz CT molecular complexity index is 1340. The molecule has 1 fully saturated rings. The molecule has 1 unspecified atom stereocenters. The van der Waals surface area contributed by atoms with Crippen LogP contribution in [0.4, 0.5) is 0 Å². The summed E-state index contributed by atoms with van der Waals surface area (Å²) in [5, 5.41) is 6.54. The lowest BCUT2D eigenvalue weighted by Crippen LogP contribution is -2.53. The van der Waals surface area contributed by atoms with Crippen LogP contribution in [0, 0.1) is 6.92 Å². The van der Waals surface area contributed by atoms with Crippen LogP contribution in [0.5, 0.6) is 17.4 Å². The summed E-state index contributed by atoms with van der Waals surface area (Å²) in [6.07, 6.45) is 2.06. The fourth-order valence-corrected chi connectivity index (χ4v) is 4.98. The average Bonchev–Trinajstić information content (AvgIpc) is 3.39. The van der Waals surface area contributed by atoms with Crippen LogP contribution in [0.1, 0.15) is 31.7 Å². The summed E-state index contributed by atoms with van der Waals surface area (Å²) in [7, 11) is -0.359. The Morgan fingerprint density at radius 1 is 1.30 bits per heavy atom. The second-order valence-corrected chi connectivity index (χ2v) is 10.8. The molecule has 14 heteroatoms. The van der Waals surface area contributed by atoms with Gasteiger partial charge in [-0.15, -0.1) is 6.58 Å². The van der Waals surface area contributed by atoms with Crippen LogP contribution in [0.25, 0.3) is 10.9 Å². The van der Waals surface area contributed by atoms with Crippen molar-refractivity contribution < 1.29 is 37.1 Å². The van der Waals surface area contributed by atoms with Gasteiger partial charge in [-0.05, 0) is 38.8 Å². The molecule has 2 heterocycles. The maximum absolute atomic E-state index is 13.1. The molecular weight excluding hydrogens is 542 g/mol. The fourth-order valence-electron chi connectivity index (χ4n) is 4.26. The van der Waals surface area contributed by atoms with E-state index in [4.69, 9.17) is 14.2 Å². The standard InChI is InChI=1S/C26H37N5O8S/c1-7-9-10-19(26(33)30-40(34,35)31(4)37-6)28-25(32)20-13-17(15-27-20)39-22-14-23(38-8-2)29-24-16(3)21(36-5)12-11-18(22)24/h7,11-12,14,17,19-20,27H,1,8-10,13,15H2,2-6H3,(H,28,32)(H,30,33)/t17-,19?,20+/m1/s1. The first-order valence-corrected chi connectivity index (χ1v) is 14.3. The smallest absolute Gasteiger partial charge is 0.325 e. The van der Waals surface area contributed by atoms with Gasteiger partial charge in [-0.25, -0.2) is 9.71 Å². The van der Waals surface area contributed by atoms with Crippen molar-refractivity contribution in [2.75, 3.05) is 34.4 Å². The lowest BCUT2D eigenvalue weighted by molar-refractivity contribution is -0.129. The molecule has 1 aromatic heterocycles. The zero-order chi connectivity index (χ0) is 29.4. The molecule has 2 aromatic rings. The highest BCUT2D eigenvalue weighted by Crippen LogP contribution is 2.35. The number of aromatic nitrogens is 1. The van der Waals surface area contributed by atoms with E-state index in [9.17, 15) is 18.0 Å². The zero-order valence-corrected chi connectivity index (χ0v) is 24.2. The third kappa shape index (κ3) is 7.38. The normalized spacial score (nSPS) is 17.9. The van der Waals surface area contributed by atoms with Crippen molar-refractivity contribution in [3.05, 3.63) is 36.4 Å². The molecular formula is C26H37N5O8S. The Kier molecular flexibility index (Phi) is 10.7. The number of allylic oxidation sites excluding steroid dienone is 1. The van der Waals surface area contributed by atoms with E-state index >= 15 is 0 Å². The molecule has 1 saturated heterocycles. The number of amides is 2. The summed E-state index contributed by atoms with van der Waals surface area (Å²) in [5.41, 5.74) is 1.53. The number of nitrogens with one attached hydrogen (secondary N) is 3. The number of carbonyl (C=O) groups is 2. The Morgan fingerprint density at radius 3 is 2.70 bits per heavy atom. The van der Waals surface area contributed by atoms with E-state index in [1.165, 1.54) is 0 Å². The minimum Gasteiger partial charge on any atom is -0.496 e. The predicted octanol–water partition coefficient (Wildman–Crippen LogP) is 1.37. The molecule has 0 radical (unpaired) electrons. The summed E-state index contributed by atoms with van der Waals surface area (Å²) in [5.74, 6) is 0.315. The Labute approximate surface area is 234 Å². The van der Waals surface area contributed by atoms with Gasteiger partial charge >= 0.3 is 10.2 Å². The molecule has 1 aliphatic rings. The highest BCUT2D eigenvalue weighted by Gasteiger charge is 2.34. The topological polar surface area (TPSA) is 157 Å². The summed E-state index contributed by atoms with van der Waals surface area (Å²) in [4.78, 5) is 35.1. The Hall–Kier alpha value is -3.46. The largest absolute Gasteiger partial charge is 0.496 e. The van der Waals surface area contributed by atoms with Gasteiger partial charge in [0.05, 0.1) is 32.4 Å². The lowest BCUT2D eigenvalue weighted by atomic mass is 10.1. The maximum atomic E-state index is 13.1. The summed E-state index contributed by atoms with van der Waals surface area (Å²) in [6.45, 7) is 8.20. The Morgan fingerprint density at radius 2 is 2.05 bits per heavy atom. The minimum atomic E-state index is -4.24. The molecule has 0 aliphatic carbocycles. The van der Waals surface area contributed by atoms with E-state index in [-0.39, 0.29) is 12.5 Å². The van der Waals surface area contributed by atoms with Crippen molar-refractivity contribution in [3.63, 3.8) is 0 Å². The van der Waals surface area contributed by atoms with Gasteiger partial charge in [0.25, 0.3) is 5.91 Å². The third-order valence-corrected chi connectivity index (χ3v) is 7.74. The van der Waals surface area contributed by atoms with E-state index in [1.807, 2.05) is 30.7 Å². The highest BCUT2D eigenvalue weighted by molar-refractivity contribution is 7.87. The van der Waals surface area contributed by atoms with Gasteiger partial charge in [0.1, 0.15) is 23.6 Å². The minimum absolute atomic E-state index is 0.159. The number of ether oxygens (including phenoxy) is 3. The van der Waals surface area contributed by atoms with Crippen molar-refractivity contribution in [2.45, 2.75) is 51.3 Å². The third-order valence-electron chi connectivity index (χ3n) is 6.45. The van der Waals surface area contributed by atoms with Crippen LogP contribution in [-0.4, -0.2) is 82.3 Å². The molecule has 0 bridgehead atoms. The maximum Gasteiger partial charge on any atom is 0.325 e. The molecule has 3 atom stereocenters. The van der Waals surface area contributed by atoms with E-state index in [1.54, 1.807) is 19.3 Å². The number of nitrogens with zero attached hydrogens (tertiary/aromatic N) is 2. The summed E-state index contributed by atoms with van der Waals surface area (Å²) in [6, 6.07) is 3.66. The first-order valence-electron chi connectivity index (χ1n) is 12.8. The second kappa shape index (κ2) is 13.7. The number of benzene rings is 1. The van der Waals surface area contributed by atoms with Gasteiger partial charge in [0.15, 0.2) is 0 Å². The predicted molar refractivity (Wildman–Crippen MR) is 148 cm³/mol. The molecule has 1 aromatic carbocycles. The van der Waals surface area contributed by atoms with Crippen molar-refractivity contribution in [2.24, 2.45) is 0 Å². The van der Waals surface area contributed by atoms with E-state index < -0.39 is 34.1 Å². The van der Waals surface area contributed by atoms with Crippen molar-refractivity contribution in [1.29, 1.82) is 0 Å². The van der Waals surface area contributed by atoms with Crippen LogP contribution in [-0.2, 0) is 24.6 Å². The molecule has 40 heavy (non-hydrogen) atoms. The van der Waals surface area contributed by atoms with Crippen molar-refractivity contribution in [1.82, 2.24) is 24.8 Å².